The van der Waals surface area contributed by atoms with Crippen molar-refractivity contribution in [2.45, 2.75) is 52.1 Å². The molecule has 0 saturated heterocycles. The van der Waals surface area contributed by atoms with Crippen LogP contribution in [0.25, 0.3) is 0 Å². The zero-order valence-electron chi connectivity index (χ0n) is 12.8. The van der Waals surface area contributed by atoms with Gasteiger partial charge in [-0.05, 0) is 30.2 Å². The highest BCUT2D eigenvalue weighted by Crippen LogP contribution is 2.22. The van der Waals surface area contributed by atoms with Crippen LogP contribution >= 0.6 is 0 Å². The van der Waals surface area contributed by atoms with Gasteiger partial charge in [0, 0.05) is 13.0 Å². The summed E-state index contributed by atoms with van der Waals surface area (Å²) in [5, 5.41) is 12.6. The number of benzene rings is 1. The topological polar surface area (TPSA) is 49.3 Å². The molecule has 1 amide bonds. The van der Waals surface area contributed by atoms with Crippen LogP contribution in [0.2, 0.25) is 0 Å². The monoisotopic (exact) mass is 277 g/mol. The molecule has 0 spiro atoms. The zero-order chi connectivity index (χ0) is 15.0. The van der Waals surface area contributed by atoms with Gasteiger partial charge in [0.05, 0.1) is 6.10 Å². The van der Waals surface area contributed by atoms with E-state index in [0.717, 1.165) is 6.42 Å². The van der Waals surface area contributed by atoms with E-state index in [1.165, 1.54) is 5.56 Å². The van der Waals surface area contributed by atoms with Crippen LogP contribution < -0.4 is 5.32 Å². The van der Waals surface area contributed by atoms with Crippen LogP contribution in [-0.4, -0.2) is 23.7 Å². The summed E-state index contributed by atoms with van der Waals surface area (Å²) in [6.45, 7) is 6.61. The first-order valence-electron chi connectivity index (χ1n) is 7.54. The first-order valence-corrected chi connectivity index (χ1v) is 7.54. The van der Waals surface area contributed by atoms with Gasteiger partial charge >= 0.3 is 0 Å². The number of nitrogens with one attached hydrogen (secondary N) is 1. The lowest BCUT2D eigenvalue weighted by Crippen LogP contribution is -2.29. The maximum Gasteiger partial charge on any atom is 0.220 e. The zero-order valence-corrected chi connectivity index (χ0v) is 12.8. The minimum absolute atomic E-state index is 0.0664. The van der Waals surface area contributed by atoms with Crippen molar-refractivity contribution in [2.24, 2.45) is 5.92 Å². The van der Waals surface area contributed by atoms with Crippen LogP contribution in [0.15, 0.2) is 30.3 Å². The predicted molar refractivity (Wildman–Crippen MR) is 82.6 cm³/mol. The molecule has 1 rings (SSSR count). The normalized spacial score (nSPS) is 14.1. The lowest BCUT2D eigenvalue weighted by molar-refractivity contribution is -0.121. The molecule has 2 unspecified atom stereocenters. The van der Waals surface area contributed by atoms with E-state index in [1.54, 1.807) is 0 Å². The molecule has 3 heteroatoms. The van der Waals surface area contributed by atoms with Gasteiger partial charge in [-0.3, -0.25) is 4.79 Å². The summed E-state index contributed by atoms with van der Waals surface area (Å²) in [7, 11) is 0. The molecule has 1 aromatic rings. The van der Waals surface area contributed by atoms with Crippen LogP contribution in [-0.2, 0) is 4.79 Å². The number of aliphatic hydroxyl groups is 1. The molecule has 0 aliphatic heterocycles. The quantitative estimate of drug-likeness (QED) is 0.767. The maximum atomic E-state index is 11.9. The SMILES string of the molecule is CCC(CC(=O)NCCC(O)C(C)C)c1ccccc1. The van der Waals surface area contributed by atoms with Crippen molar-refractivity contribution in [1.82, 2.24) is 5.32 Å². The molecule has 2 N–H and O–H groups in total. The van der Waals surface area contributed by atoms with Gasteiger partial charge < -0.3 is 10.4 Å². The van der Waals surface area contributed by atoms with Gasteiger partial charge in [0.15, 0.2) is 0 Å². The Morgan fingerprint density at radius 1 is 1.25 bits per heavy atom. The third-order valence-electron chi connectivity index (χ3n) is 3.73. The van der Waals surface area contributed by atoms with E-state index in [-0.39, 0.29) is 23.8 Å². The van der Waals surface area contributed by atoms with Crippen LogP contribution in [0.3, 0.4) is 0 Å². The molecule has 3 nitrogen and oxygen atoms in total. The molecule has 0 aliphatic rings. The van der Waals surface area contributed by atoms with E-state index < -0.39 is 0 Å². The number of carbonyl (C=O) groups excluding carboxylic acids is 1. The van der Waals surface area contributed by atoms with Gasteiger partial charge in [-0.1, -0.05) is 51.1 Å². The highest BCUT2D eigenvalue weighted by molar-refractivity contribution is 5.76. The van der Waals surface area contributed by atoms with Gasteiger partial charge in [0.1, 0.15) is 0 Å². The Bertz CT molecular complexity index is 389. The molecule has 2 atom stereocenters. The highest BCUT2D eigenvalue weighted by atomic mass is 16.3. The van der Waals surface area contributed by atoms with E-state index in [4.69, 9.17) is 0 Å². The number of hydrogen-bond donors (Lipinski definition) is 2. The summed E-state index contributed by atoms with van der Waals surface area (Å²) in [5.41, 5.74) is 1.22. The van der Waals surface area contributed by atoms with Crippen molar-refractivity contribution >= 4 is 5.91 Å². The average molecular weight is 277 g/mol. The first-order chi connectivity index (χ1) is 9.54. The second-order valence-corrected chi connectivity index (χ2v) is 5.67. The Balaban J connectivity index is 2.37. The number of amides is 1. The molecule has 0 heterocycles. The molecule has 0 fully saturated rings. The smallest absolute Gasteiger partial charge is 0.220 e. The van der Waals surface area contributed by atoms with Crippen molar-refractivity contribution in [3.8, 4) is 0 Å². The number of rotatable bonds is 8. The Morgan fingerprint density at radius 2 is 1.90 bits per heavy atom. The van der Waals surface area contributed by atoms with E-state index in [9.17, 15) is 9.90 Å². The van der Waals surface area contributed by atoms with Gasteiger partial charge in [0.25, 0.3) is 0 Å². The molecule has 0 aliphatic carbocycles. The van der Waals surface area contributed by atoms with Crippen molar-refractivity contribution in [3.05, 3.63) is 35.9 Å². The van der Waals surface area contributed by atoms with E-state index in [0.29, 0.717) is 19.4 Å². The summed E-state index contributed by atoms with van der Waals surface area (Å²) >= 11 is 0. The van der Waals surface area contributed by atoms with E-state index in [1.807, 2.05) is 32.0 Å². The molecule has 20 heavy (non-hydrogen) atoms. The lowest BCUT2D eigenvalue weighted by Gasteiger charge is -2.17. The van der Waals surface area contributed by atoms with Crippen LogP contribution in [0.1, 0.15) is 51.5 Å². The molecular formula is C17H27NO2. The molecular weight excluding hydrogens is 250 g/mol. The molecule has 0 saturated carbocycles. The van der Waals surface area contributed by atoms with Crippen LogP contribution in [0, 0.1) is 5.92 Å². The molecule has 112 valence electrons. The van der Waals surface area contributed by atoms with Gasteiger partial charge in [0.2, 0.25) is 5.91 Å². The Hall–Kier alpha value is -1.35. The molecule has 0 aromatic heterocycles. The Morgan fingerprint density at radius 3 is 2.45 bits per heavy atom. The predicted octanol–water partition coefficient (Wildman–Crippen LogP) is 3.09. The Kier molecular flexibility index (Phi) is 7.31. The Labute approximate surface area is 122 Å². The van der Waals surface area contributed by atoms with Crippen LogP contribution in [0.4, 0.5) is 0 Å². The van der Waals surface area contributed by atoms with Gasteiger partial charge in [-0.2, -0.15) is 0 Å². The number of carbonyl (C=O) groups is 1. The van der Waals surface area contributed by atoms with Crippen LogP contribution in [0.5, 0.6) is 0 Å². The van der Waals surface area contributed by atoms with Crippen molar-refractivity contribution < 1.29 is 9.90 Å². The lowest BCUT2D eigenvalue weighted by atomic mass is 9.93. The van der Waals surface area contributed by atoms with Crippen molar-refractivity contribution in [3.63, 3.8) is 0 Å². The third-order valence-corrected chi connectivity index (χ3v) is 3.73. The molecule has 0 radical (unpaired) electrons. The second-order valence-electron chi connectivity index (χ2n) is 5.67. The fourth-order valence-electron chi connectivity index (χ4n) is 2.21. The summed E-state index contributed by atoms with van der Waals surface area (Å²) < 4.78 is 0. The summed E-state index contributed by atoms with van der Waals surface area (Å²) in [6, 6.07) is 10.2. The minimum atomic E-state index is -0.341. The van der Waals surface area contributed by atoms with Crippen molar-refractivity contribution in [1.29, 1.82) is 0 Å². The minimum Gasteiger partial charge on any atom is -0.393 e. The largest absolute Gasteiger partial charge is 0.393 e. The summed E-state index contributed by atoms with van der Waals surface area (Å²) in [5.74, 6) is 0.572. The molecule has 0 bridgehead atoms. The number of hydrogen-bond acceptors (Lipinski definition) is 2. The fourth-order valence-corrected chi connectivity index (χ4v) is 2.21. The van der Waals surface area contributed by atoms with Gasteiger partial charge in [-0.15, -0.1) is 0 Å². The third kappa shape index (κ3) is 5.74. The summed E-state index contributed by atoms with van der Waals surface area (Å²) in [6.07, 6.45) is 1.74. The van der Waals surface area contributed by atoms with Crippen molar-refractivity contribution in [2.75, 3.05) is 6.54 Å². The van der Waals surface area contributed by atoms with E-state index >= 15 is 0 Å². The van der Waals surface area contributed by atoms with Gasteiger partial charge in [-0.25, -0.2) is 0 Å². The van der Waals surface area contributed by atoms with E-state index in [2.05, 4.69) is 24.4 Å². The number of aliphatic hydroxyl groups excluding tert-OH is 1. The molecule has 1 aromatic carbocycles. The average Bonchev–Trinajstić information content (AvgIpc) is 2.45. The highest BCUT2D eigenvalue weighted by Gasteiger charge is 2.14. The second kappa shape index (κ2) is 8.75. The maximum absolute atomic E-state index is 11.9. The first kappa shape index (κ1) is 16.7. The standard InChI is InChI=1S/C17H27NO2/c1-4-14(15-8-6-5-7-9-15)12-17(20)18-11-10-16(19)13(2)3/h5-9,13-14,16,19H,4,10-12H2,1-3H3,(H,18,20). The summed E-state index contributed by atoms with van der Waals surface area (Å²) in [4.78, 5) is 11.9. The fraction of sp³-hybridized carbons (Fsp3) is 0.588.